The van der Waals surface area contributed by atoms with Crippen LogP contribution in [-0.4, -0.2) is 51.6 Å². The van der Waals surface area contributed by atoms with Gasteiger partial charge in [-0.05, 0) is 80.1 Å². The normalized spacial score (nSPS) is 21.2. The minimum atomic E-state index is -0.568. The topological polar surface area (TPSA) is 82.6 Å². The minimum absolute atomic E-state index is 0.112. The molecule has 1 atom stereocenters. The number of hydrogen-bond acceptors (Lipinski definition) is 5. The number of nitrogens with one attached hydrogen (secondary N) is 1. The highest BCUT2D eigenvalue weighted by atomic mass is 16.2. The number of imide groups is 1. The molecule has 3 aliphatic heterocycles. The molecule has 36 heavy (non-hydrogen) atoms. The number of nitrogens with zero attached hydrogens (tertiary/aromatic N) is 3. The molecular weight excluding hydrogens is 452 g/mol. The molecule has 7 heteroatoms. The van der Waals surface area contributed by atoms with Crippen LogP contribution in [0.3, 0.4) is 0 Å². The lowest BCUT2D eigenvalue weighted by atomic mass is 9.88. The number of aromatic nitrogens is 1. The minimum Gasteiger partial charge on any atom is -0.322 e. The van der Waals surface area contributed by atoms with Crippen molar-refractivity contribution in [2.45, 2.75) is 57.7 Å². The molecule has 2 saturated heterocycles. The first kappa shape index (κ1) is 22.9. The van der Waals surface area contributed by atoms with Crippen molar-refractivity contribution in [1.82, 2.24) is 20.1 Å². The average Bonchev–Trinajstić information content (AvgIpc) is 3.19. The second-order valence-electron chi connectivity index (χ2n) is 10.4. The Labute approximate surface area is 210 Å². The van der Waals surface area contributed by atoms with Crippen LogP contribution in [0, 0.1) is 6.92 Å². The number of benzene rings is 2. The predicted octanol–water partition coefficient (Wildman–Crippen LogP) is 3.68. The van der Waals surface area contributed by atoms with E-state index in [-0.39, 0.29) is 24.1 Å². The summed E-state index contributed by atoms with van der Waals surface area (Å²) in [5, 5.41) is 3.54. The van der Waals surface area contributed by atoms with Crippen molar-refractivity contribution in [2.75, 3.05) is 13.1 Å². The quantitative estimate of drug-likeness (QED) is 0.574. The van der Waals surface area contributed by atoms with E-state index in [9.17, 15) is 14.4 Å². The van der Waals surface area contributed by atoms with Gasteiger partial charge in [-0.2, -0.15) is 0 Å². The Hall–Kier alpha value is -3.58. The molecule has 3 aliphatic rings. The summed E-state index contributed by atoms with van der Waals surface area (Å²) in [4.78, 5) is 45.8. The fraction of sp³-hybridized carbons (Fsp3) is 0.379. The number of aryl methyl sites for hydroxylation is 1. The van der Waals surface area contributed by atoms with Gasteiger partial charge in [-0.3, -0.25) is 29.6 Å². The number of likely N-dealkylation sites (tertiary alicyclic amines) is 1. The van der Waals surface area contributed by atoms with Crippen LogP contribution in [0.4, 0.5) is 0 Å². The van der Waals surface area contributed by atoms with E-state index in [1.165, 1.54) is 16.5 Å². The number of carbonyl (C=O) groups is 3. The lowest BCUT2D eigenvalue weighted by molar-refractivity contribution is -0.136. The summed E-state index contributed by atoms with van der Waals surface area (Å²) in [6.45, 7) is 5.41. The molecule has 0 spiro atoms. The second-order valence-corrected chi connectivity index (χ2v) is 10.4. The first-order valence-corrected chi connectivity index (χ1v) is 12.8. The van der Waals surface area contributed by atoms with Crippen LogP contribution in [0.2, 0.25) is 0 Å². The zero-order valence-corrected chi connectivity index (χ0v) is 20.5. The van der Waals surface area contributed by atoms with Gasteiger partial charge >= 0.3 is 0 Å². The molecule has 6 rings (SSSR count). The van der Waals surface area contributed by atoms with Crippen molar-refractivity contribution in [3.63, 3.8) is 0 Å². The van der Waals surface area contributed by atoms with Gasteiger partial charge in [-0.1, -0.05) is 30.3 Å². The summed E-state index contributed by atoms with van der Waals surface area (Å²) in [6.07, 6.45) is 2.79. The average molecular weight is 483 g/mol. The Morgan fingerprint density at radius 3 is 2.58 bits per heavy atom. The maximum atomic E-state index is 13.0. The van der Waals surface area contributed by atoms with Crippen LogP contribution in [0.25, 0.3) is 10.9 Å². The molecule has 1 N–H and O–H groups in total. The van der Waals surface area contributed by atoms with E-state index in [1.54, 1.807) is 4.90 Å². The fourth-order valence-electron chi connectivity index (χ4n) is 5.86. The SMILES string of the molecule is Cc1ccc2ccc(CN3CCC(c4ccc5c(c4)CN(C4CCC(=O)NC4=O)C5=O)CC3)nc2c1. The van der Waals surface area contributed by atoms with Crippen molar-refractivity contribution >= 4 is 28.6 Å². The van der Waals surface area contributed by atoms with E-state index in [0.29, 0.717) is 24.4 Å². The summed E-state index contributed by atoms with van der Waals surface area (Å²) < 4.78 is 0. The van der Waals surface area contributed by atoms with Gasteiger partial charge in [0.15, 0.2) is 0 Å². The third-order valence-corrected chi connectivity index (χ3v) is 7.90. The van der Waals surface area contributed by atoms with Gasteiger partial charge in [0.1, 0.15) is 6.04 Å². The second kappa shape index (κ2) is 9.13. The molecule has 2 fully saturated rings. The molecule has 0 radical (unpaired) electrons. The highest BCUT2D eigenvalue weighted by Gasteiger charge is 2.39. The summed E-state index contributed by atoms with van der Waals surface area (Å²) in [6, 6.07) is 16.3. The van der Waals surface area contributed by atoms with Crippen LogP contribution in [0.5, 0.6) is 0 Å². The van der Waals surface area contributed by atoms with E-state index in [0.717, 1.165) is 49.2 Å². The van der Waals surface area contributed by atoms with Gasteiger partial charge in [0.05, 0.1) is 11.2 Å². The largest absolute Gasteiger partial charge is 0.322 e. The molecular formula is C29H30N4O3. The van der Waals surface area contributed by atoms with Gasteiger partial charge in [-0.15, -0.1) is 0 Å². The lowest BCUT2D eigenvalue weighted by Crippen LogP contribution is -2.52. The van der Waals surface area contributed by atoms with Crippen molar-refractivity contribution in [2.24, 2.45) is 0 Å². The predicted molar refractivity (Wildman–Crippen MR) is 136 cm³/mol. The third-order valence-electron chi connectivity index (χ3n) is 7.90. The Kier molecular flexibility index (Phi) is 5.80. The monoisotopic (exact) mass is 482 g/mol. The summed E-state index contributed by atoms with van der Waals surface area (Å²) >= 11 is 0. The van der Waals surface area contributed by atoms with E-state index in [4.69, 9.17) is 4.98 Å². The zero-order valence-electron chi connectivity index (χ0n) is 20.5. The van der Waals surface area contributed by atoms with E-state index in [2.05, 4.69) is 59.6 Å². The molecule has 2 aromatic carbocycles. The van der Waals surface area contributed by atoms with Gasteiger partial charge in [-0.25, -0.2) is 0 Å². The number of carbonyl (C=O) groups excluding carboxylic acids is 3. The molecule has 0 aliphatic carbocycles. The number of hydrogen-bond donors (Lipinski definition) is 1. The maximum absolute atomic E-state index is 13.0. The first-order chi connectivity index (χ1) is 17.4. The molecule has 7 nitrogen and oxygen atoms in total. The summed E-state index contributed by atoms with van der Waals surface area (Å²) in [5.41, 5.74) is 6.33. The van der Waals surface area contributed by atoms with Crippen molar-refractivity contribution < 1.29 is 14.4 Å². The molecule has 0 saturated carbocycles. The molecule has 184 valence electrons. The number of piperidine rings is 2. The van der Waals surface area contributed by atoms with Crippen molar-refractivity contribution in [1.29, 1.82) is 0 Å². The molecule has 3 amide bonds. The van der Waals surface area contributed by atoms with E-state index < -0.39 is 6.04 Å². The van der Waals surface area contributed by atoms with Gasteiger partial charge < -0.3 is 4.90 Å². The zero-order chi connectivity index (χ0) is 24.8. The Morgan fingerprint density at radius 1 is 0.972 bits per heavy atom. The summed E-state index contributed by atoms with van der Waals surface area (Å²) in [7, 11) is 0. The molecule has 0 bridgehead atoms. The van der Waals surface area contributed by atoms with Crippen LogP contribution in [0.15, 0.2) is 48.5 Å². The first-order valence-electron chi connectivity index (χ1n) is 12.8. The van der Waals surface area contributed by atoms with Crippen molar-refractivity contribution in [3.05, 3.63) is 76.5 Å². The van der Waals surface area contributed by atoms with E-state index in [1.807, 2.05) is 6.07 Å². The van der Waals surface area contributed by atoms with Crippen LogP contribution >= 0.6 is 0 Å². The van der Waals surface area contributed by atoms with Crippen LogP contribution < -0.4 is 5.32 Å². The fourth-order valence-corrected chi connectivity index (χ4v) is 5.86. The Bertz CT molecular complexity index is 1380. The number of amides is 3. The number of fused-ring (bicyclic) bond motifs is 2. The molecule has 3 aromatic rings. The number of rotatable bonds is 4. The van der Waals surface area contributed by atoms with Gasteiger partial charge in [0.2, 0.25) is 11.8 Å². The lowest BCUT2D eigenvalue weighted by Gasteiger charge is -2.32. The third kappa shape index (κ3) is 4.28. The molecule has 1 aromatic heterocycles. The van der Waals surface area contributed by atoms with Gasteiger partial charge in [0, 0.05) is 30.5 Å². The standard InChI is InChI=1S/C29H30N4O3/c1-18-2-3-20-4-6-23(30-25(20)14-18)17-32-12-10-19(11-13-32)21-5-7-24-22(15-21)16-33(29(24)36)26-8-9-27(34)31-28(26)35/h2-7,14-15,19,26H,8-13,16-17H2,1H3,(H,31,34,35). The van der Waals surface area contributed by atoms with Crippen LogP contribution in [-0.2, 0) is 22.7 Å². The van der Waals surface area contributed by atoms with Crippen LogP contribution in [0.1, 0.15) is 64.3 Å². The maximum Gasteiger partial charge on any atom is 0.255 e. The Morgan fingerprint density at radius 2 is 1.78 bits per heavy atom. The highest BCUT2D eigenvalue weighted by molar-refractivity contribution is 6.05. The van der Waals surface area contributed by atoms with Crippen molar-refractivity contribution in [3.8, 4) is 0 Å². The smallest absolute Gasteiger partial charge is 0.255 e. The molecule has 4 heterocycles. The Balaban J connectivity index is 1.10. The number of pyridine rings is 1. The summed E-state index contributed by atoms with van der Waals surface area (Å²) in [5.74, 6) is -0.283. The van der Waals surface area contributed by atoms with E-state index >= 15 is 0 Å². The van der Waals surface area contributed by atoms with Gasteiger partial charge in [0.25, 0.3) is 5.91 Å². The molecule has 1 unspecified atom stereocenters. The highest BCUT2D eigenvalue weighted by Crippen LogP contribution is 2.34.